The molecule has 0 unspecified atom stereocenters. The zero-order valence-electron chi connectivity index (χ0n) is 14.1. The number of aryl methyl sites for hydroxylation is 1. The normalized spacial score (nSPS) is 10.8. The number of nitrogens with zero attached hydrogens (tertiary/aromatic N) is 2. The summed E-state index contributed by atoms with van der Waals surface area (Å²) in [5, 5.41) is 2.89. The van der Waals surface area contributed by atoms with Gasteiger partial charge in [-0.25, -0.2) is 4.79 Å². The molecule has 0 fully saturated rings. The highest BCUT2D eigenvalue weighted by Gasteiger charge is 2.10. The van der Waals surface area contributed by atoms with E-state index < -0.39 is 5.76 Å². The Kier molecular flexibility index (Phi) is 5.18. The van der Waals surface area contributed by atoms with E-state index in [2.05, 4.69) is 10.2 Å². The van der Waals surface area contributed by atoms with Gasteiger partial charge in [-0.3, -0.25) is 9.36 Å². The molecule has 1 N–H and O–H groups in total. The maximum absolute atomic E-state index is 12.0. The van der Waals surface area contributed by atoms with Crippen LogP contribution in [-0.2, 0) is 11.3 Å². The highest BCUT2D eigenvalue weighted by molar-refractivity contribution is 5.76. The Labute approximate surface area is 145 Å². The van der Waals surface area contributed by atoms with Crippen LogP contribution in [0.2, 0.25) is 0 Å². The second kappa shape index (κ2) is 7.70. The summed E-state index contributed by atoms with van der Waals surface area (Å²) < 4.78 is 6.65. The molecule has 3 aromatic rings. The number of para-hydroxylation sites is 3. The number of fused-ring (bicyclic) bond motifs is 1. The fourth-order valence-electron chi connectivity index (χ4n) is 2.70. The van der Waals surface area contributed by atoms with E-state index in [1.165, 1.54) is 4.57 Å². The predicted molar refractivity (Wildman–Crippen MR) is 97.8 cm³/mol. The van der Waals surface area contributed by atoms with Gasteiger partial charge in [0, 0.05) is 38.8 Å². The minimum Gasteiger partial charge on any atom is -0.408 e. The van der Waals surface area contributed by atoms with Crippen LogP contribution in [0.15, 0.2) is 63.8 Å². The summed E-state index contributed by atoms with van der Waals surface area (Å²) in [4.78, 5) is 26.0. The third-order valence-corrected chi connectivity index (χ3v) is 4.10. The first-order chi connectivity index (χ1) is 12.1. The van der Waals surface area contributed by atoms with Crippen LogP contribution >= 0.6 is 0 Å². The highest BCUT2D eigenvalue weighted by atomic mass is 16.4. The highest BCUT2D eigenvalue weighted by Crippen LogP contribution is 2.12. The Balaban J connectivity index is 1.48. The van der Waals surface area contributed by atoms with Crippen molar-refractivity contribution in [3.8, 4) is 0 Å². The molecule has 0 atom stereocenters. The van der Waals surface area contributed by atoms with E-state index in [9.17, 15) is 9.59 Å². The summed E-state index contributed by atoms with van der Waals surface area (Å²) in [6.07, 6.45) is 0.235. The number of nitrogens with one attached hydrogen (secondary N) is 1. The largest absolute Gasteiger partial charge is 0.419 e. The van der Waals surface area contributed by atoms with Crippen molar-refractivity contribution in [2.45, 2.75) is 13.0 Å². The maximum Gasteiger partial charge on any atom is 0.419 e. The average Bonchev–Trinajstić information content (AvgIpc) is 2.95. The second-order valence-electron chi connectivity index (χ2n) is 5.84. The van der Waals surface area contributed by atoms with Gasteiger partial charge in [-0.05, 0) is 24.3 Å². The van der Waals surface area contributed by atoms with Crippen LogP contribution < -0.4 is 16.0 Å². The van der Waals surface area contributed by atoms with Crippen molar-refractivity contribution in [1.82, 2.24) is 9.88 Å². The van der Waals surface area contributed by atoms with Crippen molar-refractivity contribution >= 4 is 22.7 Å². The molecule has 1 heterocycles. The number of rotatable bonds is 7. The van der Waals surface area contributed by atoms with E-state index in [-0.39, 0.29) is 12.3 Å². The lowest BCUT2D eigenvalue weighted by atomic mass is 10.3. The molecule has 1 amide bonds. The topological polar surface area (TPSA) is 67.5 Å². The Morgan fingerprint density at radius 2 is 1.84 bits per heavy atom. The number of anilines is 1. The monoisotopic (exact) mass is 339 g/mol. The fraction of sp³-hybridized carbons (Fsp3) is 0.263. The molecular weight excluding hydrogens is 318 g/mol. The van der Waals surface area contributed by atoms with Crippen LogP contribution in [0.25, 0.3) is 11.1 Å². The van der Waals surface area contributed by atoms with E-state index in [0.717, 1.165) is 5.69 Å². The summed E-state index contributed by atoms with van der Waals surface area (Å²) in [5.41, 5.74) is 2.36. The molecule has 0 aliphatic heterocycles. The van der Waals surface area contributed by atoms with Gasteiger partial charge >= 0.3 is 5.76 Å². The summed E-state index contributed by atoms with van der Waals surface area (Å²) >= 11 is 0. The molecule has 0 radical (unpaired) electrons. The molecule has 0 spiro atoms. The van der Waals surface area contributed by atoms with E-state index in [1.807, 2.05) is 55.6 Å². The van der Waals surface area contributed by atoms with Gasteiger partial charge in [-0.2, -0.15) is 0 Å². The Morgan fingerprint density at radius 1 is 1.12 bits per heavy atom. The van der Waals surface area contributed by atoms with Crippen molar-refractivity contribution in [3.05, 3.63) is 65.1 Å². The zero-order valence-corrected chi connectivity index (χ0v) is 14.1. The third kappa shape index (κ3) is 4.09. The van der Waals surface area contributed by atoms with E-state index >= 15 is 0 Å². The molecule has 0 saturated heterocycles. The average molecular weight is 339 g/mol. The van der Waals surface area contributed by atoms with E-state index in [1.54, 1.807) is 6.07 Å². The van der Waals surface area contributed by atoms with Gasteiger partial charge in [-0.1, -0.05) is 30.3 Å². The first-order valence-electron chi connectivity index (χ1n) is 8.26. The van der Waals surface area contributed by atoms with Gasteiger partial charge < -0.3 is 14.6 Å². The first-order valence-corrected chi connectivity index (χ1v) is 8.26. The number of carbonyl (C=O) groups is 1. The molecule has 6 nitrogen and oxygen atoms in total. The molecule has 2 aromatic carbocycles. The van der Waals surface area contributed by atoms with Crippen LogP contribution in [0.5, 0.6) is 0 Å². The van der Waals surface area contributed by atoms with Gasteiger partial charge in [0.1, 0.15) is 0 Å². The van der Waals surface area contributed by atoms with Crippen LogP contribution in [0, 0.1) is 0 Å². The number of benzene rings is 2. The van der Waals surface area contributed by atoms with Gasteiger partial charge in [0.15, 0.2) is 5.58 Å². The van der Waals surface area contributed by atoms with Crippen molar-refractivity contribution in [2.75, 3.05) is 25.0 Å². The number of amides is 1. The third-order valence-electron chi connectivity index (χ3n) is 4.10. The van der Waals surface area contributed by atoms with Gasteiger partial charge in [-0.15, -0.1) is 0 Å². The van der Waals surface area contributed by atoms with Crippen LogP contribution in [0.1, 0.15) is 6.42 Å². The summed E-state index contributed by atoms with van der Waals surface area (Å²) in [6, 6.07) is 17.2. The Morgan fingerprint density at radius 3 is 2.64 bits per heavy atom. The van der Waals surface area contributed by atoms with E-state index in [0.29, 0.717) is 30.7 Å². The first kappa shape index (κ1) is 16.8. The molecular formula is C19H21N3O3. The molecule has 0 aliphatic carbocycles. The van der Waals surface area contributed by atoms with Crippen LogP contribution in [-0.4, -0.2) is 30.6 Å². The van der Waals surface area contributed by atoms with Crippen LogP contribution in [0.4, 0.5) is 5.69 Å². The summed E-state index contributed by atoms with van der Waals surface area (Å²) in [5.74, 6) is -0.517. The van der Waals surface area contributed by atoms with Crippen molar-refractivity contribution in [1.29, 1.82) is 0 Å². The van der Waals surface area contributed by atoms with Crippen molar-refractivity contribution < 1.29 is 9.21 Å². The Bertz CT molecular complexity index is 899. The lowest BCUT2D eigenvalue weighted by Gasteiger charge is -2.19. The number of aromatic nitrogens is 1. The standard InChI is InChI=1S/C19H21N3O3/c1-21(15-7-3-2-4-8-15)14-12-20-18(23)11-13-22-16-9-5-6-10-17(16)25-19(22)24/h2-10H,11-14H2,1H3,(H,20,23). The van der Waals surface area contributed by atoms with Crippen LogP contribution in [0.3, 0.4) is 0 Å². The van der Waals surface area contributed by atoms with E-state index in [4.69, 9.17) is 4.42 Å². The maximum atomic E-state index is 12.0. The smallest absolute Gasteiger partial charge is 0.408 e. The Hall–Kier alpha value is -3.02. The number of hydrogen-bond donors (Lipinski definition) is 1. The van der Waals surface area contributed by atoms with Crippen molar-refractivity contribution in [3.63, 3.8) is 0 Å². The van der Waals surface area contributed by atoms with Gasteiger partial charge in [0.2, 0.25) is 5.91 Å². The lowest BCUT2D eigenvalue weighted by molar-refractivity contribution is -0.121. The van der Waals surface area contributed by atoms with Gasteiger partial charge in [0.25, 0.3) is 0 Å². The fourth-order valence-corrected chi connectivity index (χ4v) is 2.70. The van der Waals surface area contributed by atoms with Crippen molar-refractivity contribution in [2.24, 2.45) is 0 Å². The second-order valence-corrected chi connectivity index (χ2v) is 5.84. The zero-order chi connectivity index (χ0) is 17.6. The summed E-state index contributed by atoms with van der Waals surface area (Å²) in [7, 11) is 1.98. The molecule has 3 rings (SSSR count). The molecule has 0 bridgehead atoms. The quantitative estimate of drug-likeness (QED) is 0.717. The molecule has 130 valence electrons. The molecule has 25 heavy (non-hydrogen) atoms. The number of likely N-dealkylation sites (N-methyl/N-ethyl adjacent to an activating group) is 1. The van der Waals surface area contributed by atoms with Gasteiger partial charge in [0.05, 0.1) is 5.52 Å². The summed E-state index contributed by atoms with van der Waals surface area (Å²) in [6.45, 7) is 1.56. The molecule has 0 saturated carbocycles. The molecule has 0 aliphatic rings. The minimum atomic E-state index is -0.433. The number of hydrogen-bond acceptors (Lipinski definition) is 4. The minimum absolute atomic E-state index is 0.0846. The SMILES string of the molecule is CN(CCNC(=O)CCn1c(=O)oc2ccccc21)c1ccccc1. The number of carbonyl (C=O) groups excluding carboxylic acids is 1. The number of oxazole rings is 1. The predicted octanol–water partition coefficient (Wildman–Crippen LogP) is 2.24. The lowest BCUT2D eigenvalue weighted by Crippen LogP contribution is -2.33. The molecule has 6 heteroatoms. The molecule has 1 aromatic heterocycles.